The largest absolute Gasteiger partial charge is 0.330 e. The third-order valence-corrected chi connectivity index (χ3v) is 2.83. The molecule has 0 spiro atoms. The van der Waals surface area contributed by atoms with Crippen LogP contribution in [-0.2, 0) is 13.6 Å². The molecule has 1 aromatic heterocycles. The molecule has 0 fully saturated rings. The molecule has 4 nitrogen and oxygen atoms in total. The van der Waals surface area contributed by atoms with Crippen LogP contribution in [0.2, 0.25) is 0 Å². The molecule has 0 aliphatic carbocycles. The Morgan fingerprint density at radius 2 is 1.87 bits per heavy atom. The first-order valence-electron chi connectivity index (χ1n) is 5.36. The smallest absolute Gasteiger partial charge is 0.303 e. The minimum Gasteiger partial charge on any atom is -0.303 e. The second-order valence-corrected chi connectivity index (χ2v) is 3.84. The first kappa shape index (κ1) is 11.8. The fourth-order valence-corrected chi connectivity index (χ4v) is 1.59. The van der Waals surface area contributed by atoms with E-state index < -0.39 is 0 Å². The Kier molecular flexibility index (Phi) is 3.88. The molecule has 1 heterocycles. The van der Waals surface area contributed by atoms with Gasteiger partial charge in [0.25, 0.3) is 5.56 Å². The maximum absolute atomic E-state index is 11.7. The average Bonchev–Trinajstić information content (AvgIpc) is 2.24. The molecule has 0 radical (unpaired) electrons. The Bertz CT molecular complexity index is 427. The molecular weight excluding hydrogens is 192 g/mol. The molecule has 4 heteroatoms. The van der Waals surface area contributed by atoms with E-state index in [1.807, 2.05) is 0 Å². The minimum absolute atomic E-state index is 0.204. The fourth-order valence-electron chi connectivity index (χ4n) is 1.59. The van der Waals surface area contributed by atoms with Crippen LogP contribution in [0, 0.1) is 5.92 Å². The lowest BCUT2D eigenvalue weighted by Gasteiger charge is -2.13. The van der Waals surface area contributed by atoms with Crippen molar-refractivity contribution in [1.29, 1.82) is 0 Å². The number of aromatic nitrogens is 2. The van der Waals surface area contributed by atoms with Crippen molar-refractivity contribution in [2.45, 2.75) is 33.2 Å². The van der Waals surface area contributed by atoms with Crippen LogP contribution < -0.4 is 11.2 Å². The molecule has 0 amide bonds. The highest BCUT2D eigenvalue weighted by Gasteiger charge is 2.08. The van der Waals surface area contributed by atoms with E-state index in [0.29, 0.717) is 12.5 Å². The summed E-state index contributed by atoms with van der Waals surface area (Å²) in [5.41, 5.74) is -0.431. The Labute approximate surface area is 89.2 Å². The molecule has 84 valence electrons. The zero-order valence-corrected chi connectivity index (χ0v) is 9.56. The zero-order valence-electron chi connectivity index (χ0n) is 9.56. The number of aryl methyl sites for hydroxylation is 1. The summed E-state index contributed by atoms with van der Waals surface area (Å²) in [6, 6.07) is 1.43. The highest BCUT2D eigenvalue weighted by molar-refractivity contribution is 4.85. The van der Waals surface area contributed by atoms with Crippen LogP contribution in [0.15, 0.2) is 21.9 Å². The van der Waals surface area contributed by atoms with Crippen molar-refractivity contribution in [2.24, 2.45) is 13.0 Å². The molecule has 0 saturated heterocycles. The lowest BCUT2D eigenvalue weighted by molar-refractivity contribution is 0.396. The van der Waals surface area contributed by atoms with Crippen molar-refractivity contribution in [3.63, 3.8) is 0 Å². The van der Waals surface area contributed by atoms with Crippen molar-refractivity contribution in [3.8, 4) is 0 Å². The van der Waals surface area contributed by atoms with Crippen LogP contribution in [0.25, 0.3) is 0 Å². The van der Waals surface area contributed by atoms with E-state index in [1.165, 1.54) is 21.4 Å². The second-order valence-electron chi connectivity index (χ2n) is 3.84. The van der Waals surface area contributed by atoms with Gasteiger partial charge in [0.05, 0.1) is 0 Å². The first-order valence-corrected chi connectivity index (χ1v) is 5.36. The van der Waals surface area contributed by atoms with Gasteiger partial charge in [0.15, 0.2) is 0 Å². The van der Waals surface area contributed by atoms with E-state index in [1.54, 1.807) is 7.05 Å². The molecular formula is C11H18N2O2. The molecule has 1 aromatic rings. The highest BCUT2D eigenvalue weighted by Crippen LogP contribution is 2.07. The summed E-state index contributed by atoms with van der Waals surface area (Å²) >= 11 is 0. The maximum atomic E-state index is 11.7. The Morgan fingerprint density at radius 3 is 2.40 bits per heavy atom. The molecule has 0 bridgehead atoms. The number of hydrogen-bond donors (Lipinski definition) is 0. The number of hydrogen-bond acceptors (Lipinski definition) is 2. The molecule has 1 rings (SSSR count). The summed E-state index contributed by atoms with van der Waals surface area (Å²) in [4.78, 5) is 23.2. The summed E-state index contributed by atoms with van der Waals surface area (Å²) in [6.45, 7) is 4.68. The lowest BCUT2D eigenvalue weighted by atomic mass is 10.0. The Hall–Kier alpha value is -1.32. The predicted molar refractivity (Wildman–Crippen MR) is 60.0 cm³/mol. The van der Waals surface area contributed by atoms with Gasteiger partial charge in [-0.05, 0) is 5.92 Å². The quantitative estimate of drug-likeness (QED) is 0.743. The van der Waals surface area contributed by atoms with Crippen LogP contribution >= 0.6 is 0 Å². The minimum atomic E-state index is -0.227. The van der Waals surface area contributed by atoms with Crippen LogP contribution in [-0.4, -0.2) is 9.13 Å². The maximum Gasteiger partial charge on any atom is 0.330 e. The van der Waals surface area contributed by atoms with Gasteiger partial charge >= 0.3 is 5.69 Å². The van der Waals surface area contributed by atoms with Gasteiger partial charge in [0.1, 0.15) is 0 Å². The zero-order chi connectivity index (χ0) is 11.4. The van der Waals surface area contributed by atoms with E-state index in [9.17, 15) is 9.59 Å². The molecule has 0 saturated carbocycles. The van der Waals surface area contributed by atoms with Crippen LogP contribution in [0.1, 0.15) is 26.7 Å². The van der Waals surface area contributed by atoms with Gasteiger partial charge in [-0.2, -0.15) is 0 Å². The molecule has 0 N–H and O–H groups in total. The van der Waals surface area contributed by atoms with E-state index in [-0.39, 0.29) is 11.2 Å². The first-order chi connectivity index (χ1) is 7.10. The van der Waals surface area contributed by atoms with E-state index in [2.05, 4.69) is 13.8 Å². The van der Waals surface area contributed by atoms with Gasteiger partial charge < -0.3 is 4.57 Å². The van der Waals surface area contributed by atoms with Crippen LogP contribution in [0.5, 0.6) is 0 Å². The van der Waals surface area contributed by atoms with Crippen molar-refractivity contribution >= 4 is 0 Å². The summed E-state index contributed by atoms with van der Waals surface area (Å²) in [5, 5.41) is 0. The summed E-state index contributed by atoms with van der Waals surface area (Å²) in [6.07, 6.45) is 3.48. The van der Waals surface area contributed by atoms with Gasteiger partial charge in [-0.3, -0.25) is 9.36 Å². The van der Waals surface area contributed by atoms with Crippen LogP contribution in [0.4, 0.5) is 0 Å². The predicted octanol–water partition coefficient (Wildman–Crippen LogP) is 0.983. The number of rotatable bonds is 4. The van der Waals surface area contributed by atoms with Crippen molar-refractivity contribution in [1.82, 2.24) is 9.13 Å². The third-order valence-electron chi connectivity index (χ3n) is 2.83. The monoisotopic (exact) mass is 210 g/mol. The van der Waals surface area contributed by atoms with E-state index in [0.717, 1.165) is 12.8 Å². The molecule has 0 aliphatic rings. The topological polar surface area (TPSA) is 44.0 Å². The highest BCUT2D eigenvalue weighted by atomic mass is 16.2. The Morgan fingerprint density at radius 1 is 1.27 bits per heavy atom. The van der Waals surface area contributed by atoms with Crippen LogP contribution in [0.3, 0.4) is 0 Å². The normalized spacial score (nSPS) is 10.9. The van der Waals surface area contributed by atoms with Gasteiger partial charge in [0, 0.05) is 25.9 Å². The standard InChI is InChI=1S/C11H18N2O2/c1-4-9(5-2)8-13-10(14)6-7-12(3)11(13)15/h6-7,9H,4-5,8H2,1-3H3. The Balaban J connectivity index is 3.09. The van der Waals surface area contributed by atoms with Gasteiger partial charge in [-0.25, -0.2) is 4.79 Å². The summed E-state index contributed by atoms with van der Waals surface area (Å²) in [7, 11) is 1.66. The third kappa shape index (κ3) is 2.58. The van der Waals surface area contributed by atoms with E-state index in [4.69, 9.17) is 0 Å². The van der Waals surface area contributed by atoms with Gasteiger partial charge in [-0.1, -0.05) is 26.7 Å². The second kappa shape index (κ2) is 4.96. The van der Waals surface area contributed by atoms with Crippen molar-refractivity contribution in [3.05, 3.63) is 33.1 Å². The molecule has 15 heavy (non-hydrogen) atoms. The summed E-state index contributed by atoms with van der Waals surface area (Å²) in [5.74, 6) is 0.401. The van der Waals surface area contributed by atoms with Crippen molar-refractivity contribution < 1.29 is 0 Å². The van der Waals surface area contributed by atoms with Gasteiger partial charge in [0.2, 0.25) is 0 Å². The molecule has 0 aliphatic heterocycles. The summed E-state index contributed by atoms with van der Waals surface area (Å²) < 4.78 is 2.75. The molecule has 0 unspecified atom stereocenters. The fraction of sp³-hybridized carbons (Fsp3) is 0.636. The van der Waals surface area contributed by atoms with E-state index >= 15 is 0 Å². The lowest BCUT2D eigenvalue weighted by Crippen LogP contribution is -2.39. The van der Waals surface area contributed by atoms with Crippen molar-refractivity contribution in [2.75, 3.05) is 0 Å². The molecule has 0 atom stereocenters. The molecule has 0 aromatic carbocycles. The number of nitrogens with zero attached hydrogens (tertiary/aromatic N) is 2. The van der Waals surface area contributed by atoms with Gasteiger partial charge in [-0.15, -0.1) is 0 Å². The average molecular weight is 210 g/mol. The SMILES string of the molecule is CCC(CC)Cn1c(=O)ccn(C)c1=O.